The van der Waals surface area contributed by atoms with E-state index in [0.29, 0.717) is 5.00 Å². The predicted molar refractivity (Wildman–Crippen MR) is 80.2 cm³/mol. The van der Waals surface area contributed by atoms with E-state index in [2.05, 4.69) is 5.32 Å². The van der Waals surface area contributed by atoms with E-state index in [9.17, 15) is 9.59 Å². The average molecular weight is 307 g/mol. The molecule has 0 unspecified atom stereocenters. The first-order valence-corrected chi connectivity index (χ1v) is 8.08. The molecule has 3 rings (SSSR count). The lowest BCUT2D eigenvalue weighted by Gasteiger charge is -2.12. The van der Waals surface area contributed by atoms with Crippen LogP contribution in [0.25, 0.3) is 0 Å². The number of fused-ring (bicyclic) bond motifs is 1. The van der Waals surface area contributed by atoms with E-state index in [0.717, 1.165) is 36.2 Å². The number of carbonyl (C=O) groups is 2. The molecule has 0 radical (unpaired) electrons. The molecule has 1 aliphatic rings. The summed E-state index contributed by atoms with van der Waals surface area (Å²) in [6, 6.07) is 3.14. The van der Waals surface area contributed by atoms with Crippen molar-refractivity contribution in [2.75, 3.05) is 5.32 Å². The summed E-state index contributed by atoms with van der Waals surface area (Å²) in [5.74, 6) is -1.10. The van der Waals surface area contributed by atoms with Crippen LogP contribution in [0.2, 0.25) is 0 Å². The number of carbonyl (C=O) groups excluding carboxylic acids is 1. The molecular formula is C14H13NO3S2. The standard InChI is InChI=1S/C14H13NO3S2/c16-13(15-12-6-5-11(20-12)14(17)18)9-7-19-10-4-2-1-3-8(9)10/h5-7H,1-4H2,(H,15,16)(H,17,18). The molecule has 0 aliphatic heterocycles. The van der Waals surface area contributed by atoms with Gasteiger partial charge >= 0.3 is 5.97 Å². The lowest BCUT2D eigenvalue weighted by molar-refractivity contribution is 0.0702. The van der Waals surface area contributed by atoms with E-state index in [1.54, 1.807) is 17.4 Å². The van der Waals surface area contributed by atoms with Gasteiger partial charge < -0.3 is 10.4 Å². The van der Waals surface area contributed by atoms with Gasteiger partial charge in [0, 0.05) is 10.3 Å². The topological polar surface area (TPSA) is 66.4 Å². The Morgan fingerprint density at radius 2 is 2.00 bits per heavy atom. The number of thiophene rings is 2. The normalized spacial score (nSPS) is 13.8. The number of hydrogen-bond donors (Lipinski definition) is 2. The van der Waals surface area contributed by atoms with Gasteiger partial charge in [0.05, 0.1) is 10.6 Å². The summed E-state index contributed by atoms with van der Waals surface area (Å²) in [5, 5.41) is 14.2. The van der Waals surface area contributed by atoms with Crippen LogP contribution < -0.4 is 5.32 Å². The average Bonchev–Trinajstić information content (AvgIpc) is 3.04. The van der Waals surface area contributed by atoms with E-state index < -0.39 is 5.97 Å². The second kappa shape index (κ2) is 5.38. The maximum atomic E-state index is 12.3. The molecule has 0 spiro atoms. The van der Waals surface area contributed by atoms with Gasteiger partial charge in [-0.25, -0.2) is 4.79 Å². The van der Waals surface area contributed by atoms with E-state index in [-0.39, 0.29) is 10.8 Å². The Kier molecular flexibility index (Phi) is 3.58. The second-order valence-electron chi connectivity index (χ2n) is 4.68. The largest absolute Gasteiger partial charge is 0.477 e. The number of carboxylic acid groups (broad SMARTS) is 1. The van der Waals surface area contributed by atoms with Crippen molar-refractivity contribution in [3.05, 3.63) is 38.4 Å². The fraction of sp³-hybridized carbons (Fsp3) is 0.286. The third-order valence-electron chi connectivity index (χ3n) is 3.36. The highest BCUT2D eigenvalue weighted by Crippen LogP contribution is 2.31. The Balaban J connectivity index is 1.79. The Bertz CT molecular complexity index is 672. The first-order valence-electron chi connectivity index (χ1n) is 6.39. The maximum Gasteiger partial charge on any atom is 0.345 e. The van der Waals surface area contributed by atoms with Gasteiger partial charge in [-0.1, -0.05) is 0 Å². The number of amides is 1. The van der Waals surface area contributed by atoms with Gasteiger partial charge in [0.1, 0.15) is 4.88 Å². The van der Waals surface area contributed by atoms with Crippen LogP contribution in [0.5, 0.6) is 0 Å². The molecule has 4 nitrogen and oxygen atoms in total. The number of aryl methyl sites for hydroxylation is 1. The molecule has 20 heavy (non-hydrogen) atoms. The van der Waals surface area contributed by atoms with Crippen LogP contribution >= 0.6 is 22.7 Å². The summed E-state index contributed by atoms with van der Waals surface area (Å²) in [7, 11) is 0. The fourth-order valence-corrected chi connectivity index (χ4v) is 4.25. The van der Waals surface area contributed by atoms with Crippen LogP contribution in [0.3, 0.4) is 0 Å². The zero-order chi connectivity index (χ0) is 14.1. The highest BCUT2D eigenvalue weighted by molar-refractivity contribution is 7.18. The summed E-state index contributed by atoms with van der Waals surface area (Å²) >= 11 is 2.73. The number of rotatable bonds is 3. The van der Waals surface area contributed by atoms with Crippen LogP contribution in [-0.2, 0) is 12.8 Å². The van der Waals surface area contributed by atoms with Gasteiger partial charge in [-0.15, -0.1) is 22.7 Å². The third kappa shape index (κ3) is 2.48. The fourth-order valence-electron chi connectivity index (χ4n) is 2.38. The minimum atomic E-state index is -0.969. The Morgan fingerprint density at radius 3 is 2.75 bits per heavy atom. The van der Waals surface area contributed by atoms with Gasteiger partial charge in [0.25, 0.3) is 5.91 Å². The van der Waals surface area contributed by atoms with E-state index in [4.69, 9.17) is 5.11 Å². The van der Waals surface area contributed by atoms with Crippen molar-refractivity contribution in [2.45, 2.75) is 25.7 Å². The highest BCUT2D eigenvalue weighted by atomic mass is 32.1. The molecule has 0 fully saturated rings. The van der Waals surface area contributed by atoms with Gasteiger partial charge in [0.15, 0.2) is 0 Å². The number of aromatic carboxylic acids is 1. The number of nitrogens with one attached hydrogen (secondary N) is 1. The molecule has 2 aromatic heterocycles. The molecule has 2 heterocycles. The van der Waals surface area contributed by atoms with Gasteiger partial charge in [-0.3, -0.25) is 4.79 Å². The second-order valence-corrected chi connectivity index (χ2v) is 6.73. The summed E-state index contributed by atoms with van der Waals surface area (Å²) in [5.41, 5.74) is 1.92. The van der Waals surface area contributed by atoms with Crippen molar-refractivity contribution in [3.8, 4) is 0 Å². The first-order chi connectivity index (χ1) is 9.65. The predicted octanol–water partition coefficient (Wildman–Crippen LogP) is 3.64. The lowest BCUT2D eigenvalue weighted by atomic mass is 9.96. The van der Waals surface area contributed by atoms with E-state index in [1.807, 2.05) is 5.38 Å². The summed E-state index contributed by atoms with van der Waals surface area (Å²) in [6.45, 7) is 0. The molecule has 0 atom stereocenters. The molecule has 2 N–H and O–H groups in total. The molecule has 6 heteroatoms. The summed E-state index contributed by atoms with van der Waals surface area (Å²) in [6.07, 6.45) is 4.36. The molecule has 104 valence electrons. The van der Waals surface area contributed by atoms with Crippen LogP contribution in [-0.4, -0.2) is 17.0 Å². The molecule has 0 aromatic carbocycles. The number of hydrogen-bond acceptors (Lipinski definition) is 4. The van der Waals surface area contributed by atoms with Gasteiger partial charge in [-0.05, 0) is 43.4 Å². The molecular weight excluding hydrogens is 294 g/mol. The quantitative estimate of drug-likeness (QED) is 0.909. The van der Waals surface area contributed by atoms with Crippen molar-refractivity contribution >= 4 is 39.6 Å². The zero-order valence-corrected chi connectivity index (χ0v) is 12.3. The number of carboxylic acids is 1. The van der Waals surface area contributed by atoms with Crippen LogP contribution in [0.15, 0.2) is 17.5 Å². The van der Waals surface area contributed by atoms with Crippen LogP contribution in [0.4, 0.5) is 5.00 Å². The SMILES string of the molecule is O=C(O)c1ccc(NC(=O)c2csc3c2CCCC3)s1. The molecule has 0 saturated heterocycles. The van der Waals surface area contributed by atoms with Crippen molar-refractivity contribution in [1.82, 2.24) is 0 Å². The van der Waals surface area contributed by atoms with Gasteiger partial charge in [-0.2, -0.15) is 0 Å². The van der Waals surface area contributed by atoms with Crippen molar-refractivity contribution in [2.24, 2.45) is 0 Å². The van der Waals surface area contributed by atoms with Crippen molar-refractivity contribution in [1.29, 1.82) is 0 Å². The monoisotopic (exact) mass is 307 g/mol. The summed E-state index contributed by atoms with van der Waals surface area (Å²) < 4.78 is 0. The highest BCUT2D eigenvalue weighted by Gasteiger charge is 2.20. The van der Waals surface area contributed by atoms with E-state index in [1.165, 1.54) is 22.9 Å². The minimum absolute atomic E-state index is 0.136. The van der Waals surface area contributed by atoms with Crippen molar-refractivity contribution in [3.63, 3.8) is 0 Å². The Labute approximate surface area is 124 Å². The van der Waals surface area contributed by atoms with E-state index >= 15 is 0 Å². The number of anilines is 1. The summed E-state index contributed by atoms with van der Waals surface area (Å²) in [4.78, 5) is 24.6. The van der Waals surface area contributed by atoms with Crippen LogP contribution in [0, 0.1) is 0 Å². The Morgan fingerprint density at radius 1 is 1.20 bits per heavy atom. The van der Waals surface area contributed by atoms with Crippen molar-refractivity contribution < 1.29 is 14.7 Å². The first kappa shape index (κ1) is 13.3. The minimum Gasteiger partial charge on any atom is -0.477 e. The molecule has 0 bridgehead atoms. The van der Waals surface area contributed by atoms with Crippen LogP contribution in [0.1, 0.15) is 43.3 Å². The zero-order valence-electron chi connectivity index (χ0n) is 10.6. The molecule has 0 saturated carbocycles. The lowest BCUT2D eigenvalue weighted by Crippen LogP contribution is -2.13. The van der Waals surface area contributed by atoms with Gasteiger partial charge in [0.2, 0.25) is 0 Å². The molecule has 1 amide bonds. The molecule has 2 aromatic rings. The molecule has 1 aliphatic carbocycles. The smallest absolute Gasteiger partial charge is 0.345 e. The third-order valence-corrected chi connectivity index (χ3v) is 5.44. The Hall–Kier alpha value is -1.66. The maximum absolute atomic E-state index is 12.3.